The van der Waals surface area contributed by atoms with Crippen LogP contribution in [0.1, 0.15) is 23.7 Å². The first-order chi connectivity index (χ1) is 11.7. The van der Waals surface area contributed by atoms with Crippen molar-refractivity contribution in [3.63, 3.8) is 0 Å². The van der Waals surface area contributed by atoms with Gasteiger partial charge in [0, 0.05) is 12.1 Å². The summed E-state index contributed by atoms with van der Waals surface area (Å²) in [7, 11) is 3.25. The molecule has 5 heteroatoms. The van der Waals surface area contributed by atoms with Gasteiger partial charge in [-0.25, -0.2) is 0 Å². The maximum absolute atomic E-state index is 10.1. The average molecular weight is 331 g/mol. The van der Waals surface area contributed by atoms with Crippen LogP contribution in [0.5, 0.6) is 17.2 Å². The Morgan fingerprint density at radius 1 is 1.04 bits per heavy atom. The van der Waals surface area contributed by atoms with Crippen molar-refractivity contribution in [2.75, 3.05) is 27.3 Å². The van der Waals surface area contributed by atoms with Gasteiger partial charge >= 0.3 is 0 Å². The Morgan fingerprint density at radius 2 is 1.79 bits per heavy atom. The molecule has 5 nitrogen and oxygen atoms in total. The topological polar surface area (TPSA) is 71.0 Å². The highest BCUT2D eigenvalue weighted by atomic mass is 16.5. The van der Waals surface area contributed by atoms with Gasteiger partial charge in [-0.3, -0.25) is 0 Å². The third-order valence-electron chi connectivity index (χ3n) is 3.90. The summed E-state index contributed by atoms with van der Waals surface area (Å²) >= 11 is 0. The number of methoxy groups -OCH3 is 2. The van der Waals surface area contributed by atoms with Gasteiger partial charge in [-0.15, -0.1) is 0 Å². The number of rotatable bonds is 9. The van der Waals surface area contributed by atoms with E-state index in [0.717, 1.165) is 30.9 Å². The molecule has 2 rings (SSSR count). The lowest BCUT2D eigenvalue weighted by atomic mass is 10.1. The van der Waals surface area contributed by atoms with E-state index in [9.17, 15) is 10.2 Å². The molecule has 0 unspecified atom stereocenters. The van der Waals surface area contributed by atoms with Crippen LogP contribution in [-0.2, 0) is 6.42 Å². The second kappa shape index (κ2) is 9.15. The standard InChI is InChI=1S/C19H25NO4/c1-23-18-10-9-14(12-19(18)24-2)6-5-11-20-13-17(22)15-7-3-4-8-16(15)21/h3-4,7-10,12,17,20-22H,5-6,11,13H2,1-2H3/t17-/m0/s1. The third kappa shape index (κ3) is 4.88. The Balaban J connectivity index is 1.74. The maximum atomic E-state index is 10.1. The van der Waals surface area contributed by atoms with Crippen molar-refractivity contribution in [1.82, 2.24) is 5.32 Å². The van der Waals surface area contributed by atoms with Gasteiger partial charge < -0.3 is 25.0 Å². The van der Waals surface area contributed by atoms with Crippen LogP contribution in [0.25, 0.3) is 0 Å². The van der Waals surface area contributed by atoms with Crippen LogP contribution in [0, 0.1) is 0 Å². The molecule has 0 spiro atoms. The summed E-state index contributed by atoms with van der Waals surface area (Å²) in [6.45, 7) is 1.18. The molecule has 1 atom stereocenters. The Bertz CT molecular complexity index is 645. The predicted molar refractivity (Wildman–Crippen MR) is 93.8 cm³/mol. The molecule has 0 heterocycles. The van der Waals surface area contributed by atoms with Crippen molar-refractivity contribution >= 4 is 0 Å². The lowest BCUT2D eigenvalue weighted by Gasteiger charge is -2.13. The predicted octanol–water partition coefficient (Wildman–Crippen LogP) is 2.67. The third-order valence-corrected chi connectivity index (χ3v) is 3.90. The fourth-order valence-corrected chi connectivity index (χ4v) is 2.57. The fraction of sp³-hybridized carbons (Fsp3) is 0.368. The number of hydrogen-bond donors (Lipinski definition) is 3. The highest BCUT2D eigenvalue weighted by Gasteiger charge is 2.10. The summed E-state index contributed by atoms with van der Waals surface area (Å²) in [4.78, 5) is 0. The molecule has 24 heavy (non-hydrogen) atoms. The first-order valence-corrected chi connectivity index (χ1v) is 8.03. The number of phenols is 1. The summed E-state index contributed by atoms with van der Waals surface area (Å²) in [6, 6.07) is 12.8. The molecular weight excluding hydrogens is 306 g/mol. The van der Waals surface area contributed by atoms with Crippen LogP contribution in [0.4, 0.5) is 0 Å². The van der Waals surface area contributed by atoms with Crippen molar-refractivity contribution in [3.8, 4) is 17.2 Å². The summed E-state index contributed by atoms with van der Waals surface area (Å²) in [5, 5.41) is 23.0. The van der Waals surface area contributed by atoms with Crippen LogP contribution >= 0.6 is 0 Å². The number of nitrogens with one attached hydrogen (secondary N) is 1. The minimum absolute atomic E-state index is 0.122. The largest absolute Gasteiger partial charge is 0.508 e. The SMILES string of the molecule is COc1ccc(CCCNC[C@H](O)c2ccccc2O)cc1OC. The van der Waals surface area contributed by atoms with E-state index in [4.69, 9.17) is 9.47 Å². The molecule has 0 saturated heterocycles. The molecule has 2 aromatic rings. The van der Waals surface area contributed by atoms with Crippen molar-refractivity contribution in [2.24, 2.45) is 0 Å². The highest BCUT2D eigenvalue weighted by Crippen LogP contribution is 2.28. The molecule has 0 aliphatic rings. The van der Waals surface area contributed by atoms with Crippen LogP contribution in [0.2, 0.25) is 0 Å². The molecular formula is C19H25NO4. The average Bonchev–Trinajstić information content (AvgIpc) is 2.61. The quantitative estimate of drug-likeness (QED) is 0.616. The number of aromatic hydroxyl groups is 1. The first-order valence-electron chi connectivity index (χ1n) is 8.03. The number of benzene rings is 2. The van der Waals surface area contributed by atoms with Gasteiger partial charge in [-0.05, 0) is 43.1 Å². The Labute approximate surface area is 142 Å². The van der Waals surface area contributed by atoms with Crippen molar-refractivity contribution in [3.05, 3.63) is 53.6 Å². The number of ether oxygens (including phenoxy) is 2. The molecule has 0 aliphatic carbocycles. The summed E-state index contributed by atoms with van der Waals surface area (Å²) in [5.74, 6) is 1.58. The van der Waals surface area contributed by atoms with E-state index in [0.29, 0.717) is 12.1 Å². The molecule has 0 bridgehead atoms. The van der Waals surface area contributed by atoms with Gasteiger partial charge in [-0.1, -0.05) is 24.3 Å². The van der Waals surface area contributed by atoms with Gasteiger partial charge in [-0.2, -0.15) is 0 Å². The van der Waals surface area contributed by atoms with E-state index in [1.165, 1.54) is 5.56 Å². The Morgan fingerprint density at radius 3 is 2.50 bits per heavy atom. The maximum Gasteiger partial charge on any atom is 0.160 e. The van der Waals surface area contributed by atoms with E-state index >= 15 is 0 Å². The molecule has 130 valence electrons. The summed E-state index contributed by atoms with van der Waals surface area (Å²) < 4.78 is 10.5. The van der Waals surface area contributed by atoms with Gasteiger partial charge in [0.05, 0.1) is 20.3 Å². The van der Waals surface area contributed by atoms with Crippen molar-refractivity contribution in [1.29, 1.82) is 0 Å². The fourth-order valence-electron chi connectivity index (χ4n) is 2.57. The minimum Gasteiger partial charge on any atom is -0.508 e. The monoisotopic (exact) mass is 331 g/mol. The lowest BCUT2D eigenvalue weighted by Crippen LogP contribution is -2.23. The molecule has 3 N–H and O–H groups in total. The van der Waals surface area contributed by atoms with Gasteiger partial charge in [0.25, 0.3) is 0 Å². The molecule has 0 aliphatic heterocycles. The molecule has 0 aromatic heterocycles. The number of aryl methyl sites for hydroxylation is 1. The van der Waals surface area contributed by atoms with Gasteiger partial charge in [0.15, 0.2) is 11.5 Å². The van der Waals surface area contributed by atoms with Crippen molar-refractivity contribution in [2.45, 2.75) is 18.9 Å². The molecule has 2 aromatic carbocycles. The van der Waals surface area contributed by atoms with Gasteiger partial charge in [0.1, 0.15) is 5.75 Å². The van der Waals surface area contributed by atoms with Gasteiger partial charge in [0.2, 0.25) is 0 Å². The molecule has 0 radical (unpaired) electrons. The first kappa shape index (κ1) is 18.1. The van der Waals surface area contributed by atoms with E-state index in [-0.39, 0.29) is 5.75 Å². The minimum atomic E-state index is -0.715. The summed E-state index contributed by atoms with van der Waals surface area (Å²) in [5.41, 5.74) is 1.72. The number of aliphatic hydroxyl groups excluding tert-OH is 1. The highest BCUT2D eigenvalue weighted by molar-refractivity contribution is 5.42. The Hall–Kier alpha value is -2.24. The zero-order valence-electron chi connectivity index (χ0n) is 14.2. The lowest BCUT2D eigenvalue weighted by molar-refractivity contribution is 0.171. The van der Waals surface area contributed by atoms with Crippen LogP contribution < -0.4 is 14.8 Å². The second-order valence-corrected chi connectivity index (χ2v) is 5.57. The van der Waals surface area contributed by atoms with Crippen molar-refractivity contribution < 1.29 is 19.7 Å². The number of para-hydroxylation sites is 1. The van der Waals surface area contributed by atoms with Crippen LogP contribution in [0.15, 0.2) is 42.5 Å². The zero-order valence-corrected chi connectivity index (χ0v) is 14.2. The van der Waals surface area contributed by atoms with E-state index in [1.807, 2.05) is 18.2 Å². The summed E-state index contributed by atoms with van der Waals surface area (Å²) in [6.07, 6.45) is 1.12. The normalized spacial score (nSPS) is 12.0. The van der Waals surface area contributed by atoms with E-state index in [2.05, 4.69) is 5.32 Å². The number of hydrogen-bond acceptors (Lipinski definition) is 5. The smallest absolute Gasteiger partial charge is 0.160 e. The number of aliphatic hydroxyl groups is 1. The molecule has 0 fully saturated rings. The molecule has 0 amide bonds. The zero-order chi connectivity index (χ0) is 17.4. The van der Waals surface area contributed by atoms with Crippen LogP contribution in [-0.4, -0.2) is 37.5 Å². The van der Waals surface area contributed by atoms with E-state index in [1.54, 1.807) is 38.5 Å². The number of phenolic OH excluding ortho intramolecular Hbond substituents is 1. The van der Waals surface area contributed by atoms with E-state index < -0.39 is 6.10 Å². The molecule has 0 saturated carbocycles. The second-order valence-electron chi connectivity index (χ2n) is 5.57. The Kier molecular flexibility index (Phi) is 6.90. The van der Waals surface area contributed by atoms with Crippen LogP contribution in [0.3, 0.4) is 0 Å².